The fourth-order valence-corrected chi connectivity index (χ4v) is 12.9. The lowest BCUT2D eigenvalue weighted by atomic mass is 9.92. The van der Waals surface area contributed by atoms with Crippen molar-refractivity contribution in [3.8, 4) is 5.69 Å². The van der Waals surface area contributed by atoms with E-state index < -0.39 is 32.2 Å². The number of para-hydroxylation sites is 1. The predicted octanol–water partition coefficient (Wildman–Crippen LogP) is 9.62. The summed E-state index contributed by atoms with van der Waals surface area (Å²) in [6, 6.07) is 49.6. The van der Waals surface area contributed by atoms with Gasteiger partial charge in [-0.15, -0.1) is 0 Å². The molecule has 0 saturated carbocycles. The number of rotatable bonds is 5. The molecule has 10 rings (SSSR count). The second-order valence-electron chi connectivity index (χ2n) is 12.6. The fourth-order valence-electron chi connectivity index (χ4n) is 8.12. The highest BCUT2D eigenvalue weighted by Gasteiger charge is 2.41. The van der Waals surface area contributed by atoms with Gasteiger partial charge in [-0.25, -0.2) is 0 Å². The van der Waals surface area contributed by atoms with E-state index in [-0.39, 0.29) is 45.7 Å². The van der Waals surface area contributed by atoms with E-state index in [1.807, 2.05) is 60.7 Å². The molecule has 0 saturated heterocycles. The van der Waals surface area contributed by atoms with Crippen LogP contribution in [0.15, 0.2) is 200 Å². The molecule has 1 nitrogen and oxygen atoms in total. The van der Waals surface area contributed by atoms with Gasteiger partial charge in [0, 0.05) is 21.8 Å². The molecule has 0 N–H and O–H groups in total. The monoisotopic (exact) mass is 659 g/mol. The number of hydrogen-bond donors (Lipinski definition) is 0. The molecule has 50 heavy (non-hydrogen) atoms. The van der Waals surface area contributed by atoms with Crippen molar-refractivity contribution < 1.29 is 11.0 Å². The summed E-state index contributed by atoms with van der Waals surface area (Å²) < 4.78 is 73.7. The molecular weight excluding hydrogens is 619 g/mol. The Kier molecular flexibility index (Phi) is 4.96. The summed E-state index contributed by atoms with van der Waals surface area (Å²) in [6.45, 7) is 0. The average molecular weight is 660 g/mol. The number of aromatic nitrogens is 1. The van der Waals surface area contributed by atoms with Gasteiger partial charge in [0.15, 0.2) is 8.07 Å². The summed E-state index contributed by atoms with van der Waals surface area (Å²) in [5.74, 6) is 0. The van der Waals surface area contributed by atoms with Gasteiger partial charge in [0.1, 0.15) is 0 Å². The Morgan fingerprint density at radius 3 is 1.38 bits per heavy atom. The smallest absolute Gasteiger partial charge is 0.179 e. The standard InChI is InChI=1S/C48H33NSi/c1-5-17-34(18-6-1)49-45-32-31-43-41-27-14-13-25-39(41)40-26-15-16-28-42(40)47(43)48(45)44-30-29-38(33-46(44)49)50(35-19-7-2-8-20-35,36-21-9-3-10-22-36)37-23-11-4-12-24-37/h1-33H/i13D,14D,15D,16D,25D,26D,27D,28D. The van der Waals surface area contributed by atoms with Gasteiger partial charge >= 0.3 is 0 Å². The Hall–Kier alpha value is -6.22. The van der Waals surface area contributed by atoms with E-state index in [1.54, 1.807) is 0 Å². The maximum Gasteiger partial charge on any atom is 0.179 e. The maximum absolute atomic E-state index is 9.37. The summed E-state index contributed by atoms with van der Waals surface area (Å²) in [6.07, 6.45) is 0. The molecule has 1 heterocycles. The quantitative estimate of drug-likeness (QED) is 0.0985. The molecule has 1 aromatic heterocycles. The third kappa shape index (κ3) is 4.12. The minimum absolute atomic E-state index is 0.0777. The molecule has 0 atom stereocenters. The van der Waals surface area contributed by atoms with Crippen LogP contribution in [0.25, 0.3) is 59.8 Å². The Labute approximate surface area is 303 Å². The molecule has 9 aromatic carbocycles. The van der Waals surface area contributed by atoms with Crippen LogP contribution in [0.3, 0.4) is 0 Å². The lowest BCUT2D eigenvalue weighted by molar-refractivity contribution is 1.18. The van der Waals surface area contributed by atoms with Gasteiger partial charge in [-0.2, -0.15) is 0 Å². The Morgan fingerprint density at radius 2 is 0.820 bits per heavy atom. The SMILES string of the molecule is [2H]c1c([2H])c([2H])c2c(c1[2H])c1ccc3c(c4ccc([Si](c5ccccc5)(c5ccccc5)c5ccccc5)cc4n3-c3ccccc3)c1c1c([2H])c([2H])c([2H])c([2H])c21. The Bertz CT molecular complexity index is 3200. The van der Waals surface area contributed by atoms with E-state index in [0.29, 0.717) is 10.8 Å². The molecule has 0 aliphatic rings. The first-order valence-corrected chi connectivity index (χ1v) is 18.7. The normalized spacial score (nSPS) is 14.2. The van der Waals surface area contributed by atoms with E-state index >= 15 is 0 Å². The number of hydrogen-bond acceptors (Lipinski definition) is 0. The predicted molar refractivity (Wildman–Crippen MR) is 217 cm³/mol. The first-order chi connectivity index (χ1) is 28.2. The van der Waals surface area contributed by atoms with Gasteiger partial charge in [0.05, 0.1) is 22.0 Å². The van der Waals surface area contributed by atoms with Gasteiger partial charge in [-0.1, -0.05) is 176 Å². The molecule has 2 heteroatoms. The van der Waals surface area contributed by atoms with Crippen LogP contribution in [0.5, 0.6) is 0 Å². The first-order valence-electron chi connectivity index (χ1n) is 20.7. The number of fused-ring (bicyclic) bond motifs is 10. The molecule has 0 fully saturated rings. The minimum Gasteiger partial charge on any atom is -0.309 e. The minimum atomic E-state index is -2.98. The van der Waals surface area contributed by atoms with Crippen LogP contribution in [0, 0.1) is 0 Å². The highest BCUT2D eigenvalue weighted by atomic mass is 28.3. The van der Waals surface area contributed by atoms with Crippen LogP contribution in [0.1, 0.15) is 11.0 Å². The maximum atomic E-state index is 9.37. The van der Waals surface area contributed by atoms with Gasteiger partial charge in [-0.3, -0.25) is 0 Å². The van der Waals surface area contributed by atoms with Crippen molar-refractivity contribution in [1.29, 1.82) is 0 Å². The molecule has 0 aliphatic heterocycles. The Morgan fingerprint density at radius 1 is 0.360 bits per heavy atom. The van der Waals surface area contributed by atoms with Crippen LogP contribution in [-0.2, 0) is 0 Å². The van der Waals surface area contributed by atoms with Crippen molar-refractivity contribution in [2.45, 2.75) is 0 Å². The third-order valence-electron chi connectivity index (χ3n) is 10.1. The van der Waals surface area contributed by atoms with Crippen LogP contribution in [-0.4, -0.2) is 12.6 Å². The zero-order chi connectivity index (χ0) is 40.0. The highest BCUT2D eigenvalue weighted by molar-refractivity contribution is 7.20. The summed E-state index contributed by atoms with van der Waals surface area (Å²) in [4.78, 5) is 0. The molecule has 234 valence electrons. The van der Waals surface area contributed by atoms with E-state index in [4.69, 9.17) is 6.85 Å². The fraction of sp³-hybridized carbons (Fsp3) is 0. The zero-order valence-corrected chi connectivity index (χ0v) is 27.9. The molecule has 10 aromatic rings. The molecule has 0 amide bonds. The molecular formula is C48H33NSi. The average Bonchev–Trinajstić information content (AvgIpc) is 3.61. The van der Waals surface area contributed by atoms with Crippen molar-refractivity contribution in [3.63, 3.8) is 0 Å². The van der Waals surface area contributed by atoms with Crippen molar-refractivity contribution in [1.82, 2.24) is 4.57 Å². The van der Waals surface area contributed by atoms with Crippen molar-refractivity contribution in [2.75, 3.05) is 0 Å². The first kappa shape index (κ1) is 21.7. The van der Waals surface area contributed by atoms with Gasteiger partial charge in [0.2, 0.25) is 0 Å². The van der Waals surface area contributed by atoms with Gasteiger partial charge < -0.3 is 4.57 Å². The van der Waals surface area contributed by atoms with Crippen molar-refractivity contribution in [2.24, 2.45) is 0 Å². The van der Waals surface area contributed by atoms with Crippen LogP contribution >= 0.6 is 0 Å². The molecule has 0 radical (unpaired) electrons. The Balaban J connectivity index is 1.46. The van der Waals surface area contributed by atoms with Crippen molar-refractivity contribution >= 4 is 82.9 Å². The summed E-state index contributed by atoms with van der Waals surface area (Å²) in [7, 11) is -2.98. The second-order valence-corrected chi connectivity index (χ2v) is 16.4. The van der Waals surface area contributed by atoms with E-state index in [2.05, 4.69) is 95.6 Å². The third-order valence-corrected chi connectivity index (χ3v) is 14.9. The molecule has 0 spiro atoms. The van der Waals surface area contributed by atoms with Crippen LogP contribution < -0.4 is 20.7 Å². The number of nitrogens with zero attached hydrogens (tertiary/aromatic N) is 1. The number of benzene rings is 9. The summed E-state index contributed by atoms with van der Waals surface area (Å²) >= 11 is 0. The largest absolute Gasteiger partial charge is 0.309 e. The topological polar surface area (TPSA) is 4.93 Å². The van der Waals surface area contributed by atoms with E-state index in [0.717, 1.165) is 32.7 Å². The van der Waals surface area contributed by atoms with Crippen LogP contribution in [0.2, 0.25) is 0 Å². The van der Waals surface area contributed by atoms with Crippen molar-refractivity contribution in [3.05, 3.63) is 200 Å². The van der Waals surface area contributed by atoms with Gasteiger partial charge in [-0.05, 0) is 71.9 Å². The molecule has 0 aliphatic carbocycles. The lowest BCUT2D eigenvalue weighted by Gasteiger charge is -2.34. The van der Waals surface area contributed by atoms with E-state index in [1.165, 1.54) is 15.6 Å². The highest BCUT2D eigenvalue weighted by Crippen LogP contribution is 2.43. The summed E-state index contributed by atoms with van der Waals surface area (Å²) in [5.41, 5.74) is 2.60. The lowest BCUT2D eigenvalue weighted by Crippen LogP contribution is -2.74. The van der Waals surface area contributed by atoms with Gasteiger partial charge in [0.25, 0.3) is 0 Å². The van der Waals surface area contributed by atoms with E-state index in [9.17, 15) is 4.11 Å². The van der Waals surface area contributed by atoms with Crippen LogP contribution in [0.4, 0.5) is 0 Å². The zero-order valence-electron chi connectivity index (χ0n) is 34.9. The summed E-state index contributed by atoms with van der Waals surface area (Å²) in [5, 5.41) is 8.02. The molecule has 0 bridgehead atoms. The second kappa shape index (κ2) is 11.4. The molecule has 0 unspecified atom stereocenters.